The number of halogens is 2. The minimum absolute atomic E-state index is 0.582. The number of hydrogen-bond acceptors (Lipinski definition) is 1. The number of fused-ring (bicyclic) bond motifs is 1. The Morgan fingerprint density at radius 1 is 0.952 bits per heavy atom. The zero-order chi connectivity index (χ0) is 15.1. The van der Waals surface area contributed by atoms with Gasteiger partial charge in [0.05, 0.1) is 21.1 Å². The van der Waals surface area contributed by atoms with Crippen LogP contribution in [0, 0.1) is 20.8 Å². The lowest BCUT2D eigenvalue weighted by Gasteiger charge is -2.09. The maximum Gasteiger partial charge on any atom is 0.107 e. The molecule has 0 bridgehead atoms. The molecule has 0 saturated heterocycles. The highest BCUT2D eigenvalue weighted by molar-refractivity contribution is 6.42. The van der Waals surface area contributed by atoms with E-state index in [1.165, 1.54) is 11.1 Å². The lowest BCUT2D eigenvalue weighted by Crippen LogP contribution is -2.02. The van der Waals surface area contributed by atoms with Crippen LogP contribution in [0.1, 0.15) is 22.5 Å². The van der Waals surface area contributed by atoms with Crippen LogP contribution in [0.15, 0.2) is 30.3 Å². The Labute approximate surface area is 134 Å². The fourth-order valence-electron chi connectivity index (χ4n) is 2.52. The summed E-state index contributed by atoms with van der Waals surface area (Å²) in [5, 5.41) is 1.17. The average Bonchev–Trinajstić information content (AvgIpc) is 2.71. The Hall–Kier alpha value is -1.51. The Morgan fingerprint density at radius 2 is 1.67 bits per heavy atom. The highest BCUT2D eigenvalue weighted by atomic mass is 35.5. The zero-order valence-corrected chi connectivity index (χ0v) is 13.8. The van der Waals surface area contributed by atoms with Gasteiger partial charge in [-0.3, -0.25) is 0 Å². The largest absolute Gasteiger partial charge is 0.324 e. The molecular formula is C17H16Cl2N2. The first kappa shape index (κ1) is 14.4. The van der Waals surface area contributed by atoms with Gasteiger partial charge in [-0.1, -0.05) is 29.3 Å². The number of aromatic nitrogens is 2. The molecule has 0 amide bonds. The predicted molar refractivity (Wildman–Crippen MR) is 89.5 cm³/mol. The number of aryl methyl sites for hydroxylation is 3. The van der Waals surface area contributed by atoms with Gasteiger partial charge in [0.2, 0.25) is 0 Å². The van der Waals surface area contributed by atoms with E-state index in [2.05, 4.69) is 35.5 Å². The molecule has 1 aromatic heterocycles. The summed E-state index contributed by atoms with van der Waals surface area (Å²) >= 11 is 12.1. The molecule has 2 nitrogen and oxygen atoms in total. The van der Waals surface area contributed by atoms with Crippen molar-refractivity contribution in [3.63, 3.8) is 0 Å². The maximum atomic E-state index is 6.10. The third-order valence-electron chi connectivity index (χ3n) is 3.88. The third-order valence-corrected chi connectivity index (χ3v) is 4.62. The number of rotatable bonds is 2. The fourth-order valence-corrected chi connectivity index (χ4v) is 2.84. The topological polar surface area (TPSA) is 17.8 Å². The molecule has 0 fully saturated rings. The SMILES string of the molecule is Cc1cc2nc(C)n(Cc3ccc(Cl)c(Cl)c3)c2cc1C. The lowest BCUT2D eigenvalue weighted by atomic mass is 10.1. The van der Waals surface area contributed by atoms with Gasteiger partial charge < -0.3 is 4.57 Å². The van der Waals surface area contributed by atoms with Crippen LogP contribution in [0.3, 0.4) is 0 Å². The first-order chi connectivity index (χ1) is 9.95. The van der Waals surface area contributed by atoms with Crippen molar-refractivity contribution in [1.29, 1.82) is 0 Å². The van der Waals surface area contributed by atoms with Gasteiger partial charge in [-0.15, -0.1) is 0 Å². The molecule has 21 heavy (non-hydrogen) atoms. The van der Waals surface area contributed by atoms with Crippen molar-refractivity contribution < 1.29 is 0 Å². The molecule has 0 aliphatic heterocycles. The Bertz CT molecular complexity index is 834. The Morgan fingerprint density at radius 3 is 2.38 bits per heavy atom. The van der Waals surface area contributed by atoms with Gasteiger partial charge in [-0.25, -0.2) is 4.98 Å². The summed E-state index contributed by atoms with van der Waals surface area (Å²) in [7, 11) is 0. The standard InChI is InChI=1S/C17H16Cl2N2/c1-10-6-16-17(7-11(10)2)21(12(3)20-16)9-13-4-5-14(18)15(19)8-13/h4-8H,9H2,1-3H3. The van der Waals surface area contributed by atoms with Crippen molar-refractivity contribution >= 4 is 34.2 Å². The first-order valence-corrected chi connectivity index (χ1v) is 7.59. The van der Waals surface area contributed by atoms with Crippen LogP contribution in [0.25, 0.3) is 11.0 Å². The van der Waals surface area contributed by atoms with Crippen molar-refractivity contribution in [3.05, 3.63) is 62.9 Å². The van der Waals surface area contributed by atoms with Crippen LogP contribution >= 0.6 is 23.2 Å². The smallest absolute Gasteiger partial charge is 0.107 e. The summed E-state index contributed by atoms with van der Waals surface area (Å²) in [6.45, 7) is 7.01. The summed E-state index contributed by atoms with van der Waals surface area (Å²) in [6, 6.07) is 10.1. The molecule has 3 rings (SSSR count). The van der Waals surface area contributed by atoms with Gasteiger partial charge in [0.15, 0.2) is 0 Å². The molecule has 0 unspecified atom stereocenters. The quantitative estimate of drug-likeness (QED) is 0.625. The van der Waals surface area contributed by atoms with E-state index in [0.717, 1.165) is 29.0 Å². The molecule has 0 aliphatic rings. The van der Waals surface area contributed by atoms with E-state index in [9.17, 15) is 0 Å². The summed E-state index contributed by atoms with van der Waals surface area (Å²) in [4.78, 5) is 4.66. The van der Waals surface area contributed by atoms with Crippen LogP contribution < -0.4 is 0 Å². The molecule has 0 N–H and O–H groups in total. The van der Waals surface area contributed by atoms with E-state index in [1.807, 2.05) is 25.1 Å². The molecule has 3 aromatic rings. The molecular weight excluding hydrogens is 303 g/mol. The van der Waals surface area contributed by atoms with Crippen LogP contribution in [0.2, 0.25) is 10.0 Å². The van der Waals surface area contributed by atoms with Crippen molar-refractivity contribution in [2.45, 2.75) is 27.3 Å². The minimum Gasteiger partial charge on any atom is -0.324 e. The summed E-state index contributed by atoms with van der Waals surface area (Å²) in [5.74, 6) is 1.00. The number of imidazole rings is 1. The molecule has 0 atom stereocenters. The maximum absolute atomic E-state index is 6.10. The second-order valence-corrected chi connectivity index (χ2v) is 6.23. The van der Waals surface area contributed by atoms with E-state index in [4.69, 9.17) is 23.2 Å². The average molecular weight is 319 g/mol. The second kappa shape index (κ2) is 5.36. The van der Waals surface area contributed by atoms with Crippen LogP contribution in [-0.4, -0.2) is 9.55 Å². The first-order valence-electron chi connectivity index (χ1n) is 6.83. The highest BCUT2D eigenvalue weighted by Gasteiger charge is 2.10. The molecule has 4 heteroatoms. The molecule has 0 spiro atoms. The lowest BCUT2D eigenvalue weighted by molar-refractivity contribution is 0.786. The van der Waals surface area contributed by atoms with Gasteiger partial charge in [0, 0.05) is 6.54 Å². The van der Waals surface area contributed by atoms with Gasteiger partial charge in [0.25, 0.3) is 0 Å². The van der Waals surface area contributed by atoms with Crippen LogP contribution in [-0.2, 0) is 6.54 Å². The predicted octanol–water partition coefficient (Wildman–Crippen LogP) is 5.32. The van der Waals surface area contributed by atoms with E-state index < -0.39 is 0 Å². The van der Waals surface area contributed by atoms with E-state index >= 15 is 0 Å². The number of nitrogens with zero attached hydrogens (tertiary/aromatic N) is 2. The number of benzene rings is 2. The van der Waals surface area contributed by atoms with E-state index in [-0.39, 0.29) is 0 Å². The molecule has 0 radical (unpaired) electrons. The van der Waals surface area contributed by atoms with Gasteiger partial charge in [-0.2, -0.15) is 0 Å². The molecule has 1 heterocycles. The van der Waals surface area contributed by atoms with Gasteiger partial charge in [-0.05, 0) is 61.7 Å². The van der Waals surface area contributed by atoms with Crippen LogP contribution in [0.4, 0.5) is 0 Å². The monoisotopic (exact) mass is 318 g/mol. The van der Waals surface area contributed by atoms with Crippen LogP contribution in [0.5, 0.6) is 0 Å². The Balaban J connectivity index is 2.09. The van der Waals surface area contributed by atoms with Gasteiger partial charge in [0.1, 0.15) is 5.82 Å². The Kier molecular flexibility index (Phi) is 3.68. The van der Waals surface area contributed by atoms with E-state index in [1.54, 1.807) is 0 Å². The van der Waals surface area contributed by atoms with Crippen molar-refractivity contribution in [2.24, 2.45) is 0 Å². The molecule has 0 saturated carbocycles. The normalized spacial score (nSPS) is 11.3. The minimum atomic E-state index is 0.582. The second-order valence-electron chi connectivity index (χ2n) is 5.42. The van der Waals surface area contributed by atoms with Crippen molar-refractivity contribution in [2.75, 3.05) is 0 Å². The zero-order valence-electron chi connectivity index (χ0n) is 12.2. The van der Waals surface area contributed by atoms with E-state index in [0.29, 0.717) is 10.0 Å². The molecule has 108 valence electrons. The number of hydrogen-bond donors (Lipinski definition) is 0. The molecule has 2 aromatic carbocycles. The van der Waals surface area contributed by atoms with Crippen molar-refractivity contribution in [1.82, 2.24) is 9.55 Å². The third kappa shape index (κ3) is 2.66. The fraction of sp³-hybridized carbons (Fsp3) is 0.235. The molecule has 0 aliphatic carbocycles. The summed E-state index contributed by atoms with van der Waals surface area (Å²) in [6.07, 6.45) is 0. The summed E-state index contributed by atoms with van der Waals surface area (Å²) in [5.41, 5.74) is 5.85. The van der Waals surface area contributed by atoms with Gasteiger partial charge >= 0.3 is 0 Å². The summed E-state index contributed by atoms with van der Waals surface area (Å²) < 4.78 is 2.21. The van der Waals surface area contributed by atoms with Crippen molar-refractivity contribution in [3.8, 4) is 0 Å². The highest BCUT2D eigenvalue weighted by Crippen LogP contribution is 2.25.